The molecule has 0 spiro atoms. The summed E-state index contributed by atoms with van der Waals surface area (Å²) in [6.07, 6.45) is 3.21. The van der Waals surface area contributed by atoms with Crippen LogP contribution in [0, 0.1) is 18.7 Å². The molecule has 2 N–H and O–H groups in total. The van der Waals surface area contributed by atoms with Crippen molar-refractivity contribution >= 4 is 11.7 Å². The van der Waals surface area contributed by atoms with Crippen LogP contribution < -0.4 is 10.6 Å². The Morgan fingerprint density at radius 1 is 1.25 bits per heavy atom. The molecule has 20 heavy (non-hydrogen) atoms. The average Bonchev–Trinajstić information content (AvgIpc) is 2.33. The van der Waals surface area contributed by atoms with Crippen molar-refractivity contribution in [2.24, 2.45) is 5.92 Å². The third-order valence-electron chi connectivity index (χ3n) is 3.23. The second-order valence-electron chi connectivity index (χ2n) is 5.79. The van der Waals surface area contributed by atoms with Gasteiger partial charge in [0.2, 0.25) is 0 Å². The van der Waals surface area contributed by atoms with Crippen LogP contribution in [0.3, 0.4) is 0 Å². The van der Waals surface area contributed by atoms with Gasteiger partial charge in [0.1, 0.15) is 5.82 Å². The standard InChI is InChI=1S/C16H25FN2O/c1-11(2)6-5-7-13(4)18-16(20)19-14-9-8-12(3)15(17)10-14/h8-11,13H,5-7H2,1-4H3,(H2,18,19,20)/t13-/m0/s1. The summed E-state index contributed by atoms with van der Waals surface area (Å²) in [4.78, 5) is 11.8. The summed E-state index contributed by atoms with van der Waals surface area (Å²) >= 11 is 0. The Hall–Kier alpha value is -1.58. The fourth-order valence-corrected chi connectivity index (χ4v) is 1.97. The molecule has 0 aliphatic heterocycles. The molecule has 0 bridgehead atoms. The lowest BCUT2D eigenvalue weighted by molar-refractivity contribution is 0.248. The zero-order chi connectivity index (χ0) is 15.1. The number of nitrogens with one attached hydrogen (secondary N) is 2. The van der Waals surface area contributed by atoms with Gasteiger partial charge in [-0.25, -0.2) is 9.18 Å². The third kappa shape index (κ3) is 6.04. The maximum Gasteiger partial charge on any atom is 0.319 e. The Morgan fingerprint density at radius 3 is 2.55 bits per heavy atom. The van der Waals surface area contributed by atoms with Crippen molar-refractivity contribution in [2.45, 2.75) is 53.0 Å². The smallest absolute Gasteiger partial charge is 0.319 e. The van der Waals surface area contributed by atoms with Crippen molar-refractivity contribution in [3.8, 4) is 0 Å². The summed E-state index contributed by atoms with van der Waals surface area (Å²) < 4.78 is 13.4. The molecule has 0 unspecified atom stereocenters. The van der Waals surface area contributed by atoms with Gasteiger partial charge in [-0.05, 0) is 43.9 Å². The van der Waals surface area contributed by atoms with Crippen LogP contribution in [0.5, 0.6) is 0 Å². The van der Waals surface area contributed by atoms with Crippen LogP contribution in [-0.2, 0) is 0 Å². The average molecular weight is 280 g/mol. The number of urea groups is 1. The van der Waals surface area contributed by atoms with Gasteiger partial charge in [-0.2, -0.15) is 0 Å². The van der Waals surface area contributed by atoms with E-state index in [0.717, 1.165) is 19.3 Å². The molecule has 0 aromatic heterocycles. The van der Waals surface area contributed by atoms with E-state index < -0.39 is 0 Å². The number of amides is 2. The number of aryl methyl sites for hydroxylation is 1. The Labute approximate surface area is 121 Å². The molecule has 0 saturated heterocycles. The van der Waals surface area contributed by atoms with Crippen molar-refractivity contribution in [3.05, 3.63) is 29.6 Å². The summed E-state index contributed by atoms with van der Waals surface area (Å²) in [5.74, 6) is 0.374. The summed E-state index contributed by atoms with van der Waals surface area (Å²) in [6.45, 7) is 8.05. The maximum atomic E-state index is 13.4. The quantitative estimate of drug-likeness (QED) is 0.793. The summed E-state index contributed by atoms with van der Waals surface area (Å²) in [5, 5.41) is 5.51. The molecule has 0 fully saturated rings. The molecule has 1 aromatic rings. The number of hydrogen-bond donors (Lipinski definition) is 2. The molecular weight excluding hydrogens is 255 g/mol. The number of halogens is 1. The first-order valence-electron chi connectivity index (χ1n) is 7.22. The zero-order valence-electron chi connectivity index (χ0n) is 12.8. The molecule has 1 atom stereocenters. The normalized spacial score (nSPS) is 12.3. The van der Waals surface area contributed by atoms with E-state index in [-0.39, 0.29) is 17.9 Å². The topological polar surface area (TPSA) is 41.1 Å². The van der Waals surface area contributed by atoms with Gasteiger partial charge < -0.3 is 10.6 Å². The van der Waals surface area contributed by atoms with Crippen LogP contribution in [0.1, 0.15) is 45.6 Å². The number of hydrogen-bond acceptors (Lipinski definition) is 1. The minimum atomic E-state index is -0.312. The fraction of sp³-hybridized carbons (Fsp3) is 0.562. The molecule has 0 radical (unpaired) electrons. The second kappa shape index (κ2) is 7.88. The highest BCUT2D eigenvalue weighted by atomic mass is 19.1. The lowest BCUT2D eigenvalue weighted by Gasteiger charge is -2.15. The van der Waals surface area contributed by atoms with E-state index in [2.05, 4.69) is 24.5 Å². The third-order valence-corrected chi connectivity index (χ3v) is 3.23. The van der Waals surface area contributed by atoms with Gasteiger partial charge in [0.15, 0.2) is 0 Å². The molecule has 1 aromatic carbocycles. The highest BCUT2D eigenvalue weighted by Crippen LogP contribution is 2.13. The number of benzene rings is 1. The first kappa shape index (κ1) is 16.5. The molecule has 2 amide bonds. The van der Waals surface area contributed by atoms with Crippen LogP contribution in [0.15, 0.2) is 18.2 Å². The van der Waals surface area contributed by atoms with Crippen molar-refractivity contribution < 1.29 is 9.18 Å². The van der Waals surface area contributed by atoms with Crippen LogP contribution in [0.4, 0.5) is 14.9 Å². The van der Waals surface area contributed by atoms with E-state index in [0.29, 0.717) is 17.2 Å². The monoisotopic (exact) mass is 280 g/mol. The SMILES string of the molecule is Cc1ccc(NC(=O)N[C@@H](C)CCCC(C)C)cc1F. The molecule has 3 nitrogen and oxygen atoms in total. The Kier molecular flexibility index (Phi) is 6.49. The lowest BCUT2D eigenvalue weighted by Crippen LogP contribution is -2.36. The predicted molar refractivity (Wildman–Crippen MR) is 81.4 cm³/mol. The molecule has 1 rings (SSSR count). The highest BCUT2D eigenvalue weighted by molar-refractivity contribution is 5.89. The molecule has 0 heterocycles. The van der Waals surface area contributed by atoms with Crippen LogP contribution in [-0.4, -0.2) is 12.1 Å². The van der Waals surface area contributed by atoms with Gasteiger partial charge in [0.05, 0.1) is 0 Å². The van der Waals surface area contributed by atoms with E-state index in [1.807, 2.05) is 6.92 Å². The first-order chi connectivity index (χ1) is 9.38. The van der Waals surface area contributed by atoms with Crippen molar-refractivity contribution in [1.29, 1.82) is 0 Å². The van der Waals surface area contributed by atoms with E-state index in [4.69, 9.17) is 0 Å². The van der Waals surface area contributed by atoms with Crippen molar-refractivity contribution in [3.63, 3.8) is 0 Å². The van der Waals surface area contributed by atoms with Crippen molar-refractivity contribution in [2.75, 3.05) is 5.32 Å². The van der Waals surface area contributed by atoms with Gasteiger partial charge in [-0.15, -0.1) is 0 Å². The summed E-state index contributed by atoms with van der Waals surface area (Å²) in [7, 11) is 0. The molecule has 4 heteroatoms. The number of carbonyl (C=O) groups is 1. The van der Waals surface area contributed by atoms with E-state index in [1.54, 1.807) is 19.1 Å². The highest BCUT2D eigenvalue weighted by Gasteiger charge is 2.08. The molecule has 0 saturated carbocycles. The molecule has 112 valence electrons. The number of anilines is 1. The summed E-state index contributed by atoms with van der Waals surface area (Å²) in [5.41, 5.74) is 1.04. The Bertz CT molecular complexity index is 446. The van der Waals surface area contributed by atoms with Crippen molar-refractivity contribution in [1.82, 2.24) is 5.32 Å². The summed E-state index contributed by atoms with van der Waals surface area (Å²) in [6, 6.07) is 4.51. The van der Waals surface area contributed by atoms with Crippen LogP contribution in [0.2, 0.25) is 0 Å². The Balaban J connectivity index is 2.37. The molecule has 0 aliphatic rings. The van der Waals surface area contributed by atoms with Gasteiger partial charge in [-0.1, -0.05) is 32.8 Å². The first-order valence-corrected chi connectivity index (χ1v) is 7.22. The maximum absolute atomic E-state index is 13.4. The lowest BCUT2D eigenvalue weighted by atomic mass is 10.0. The van der Waals surface area contributed by atoms with Gasteiger partial charge in [-0.3, -0.25) is 0 Å². The van der Waals surface area contributed by atoms with E-state index in [9.17, 15) is 9.18 Å². The van der Waals surface area contributed by atoms with Gasteiger partial charge in [0, 0.05) is 11.7 Å². The van der Waals surface area contributed by atoms with Gasteiger partial charge >= 0.3 is 6.03 Å². The number of carbonyl (C=O) groups excluding carboxylic acids is 1. The van der Waals surface area contributed by atoms with E-state index in [1.165, 1.54) is 6.07 Å². The Morgan fingerprint density at radius 2 is 1.95 bits per heavy atom. The van der Waals surface area contributed by atoms with Gasteiger partial charge in [0.25, 0.3) is 0 Å². The molecule has 0 aliphatic carbocycles. The zero-order valence-corrected chi connectivity index (χ0v) is 12.8. The van der Waals surface area contributed by atoms with E-state index >= 15 is 0 Å². The largest absolute Gasteiger partial charge is 0.335 e. The number of rotatable bonds is 6. The minimum absolute atomic E-state index is 0.115. The fourth-order valence-electron chi connectivity index (χ4n) is 1.97. The predicted octanol–water partition coefficient (Wildman–Crippen LogP) is 4.47. The second-order valence-corrected chi connectivity index (χ2v) is 5.79. The molecular formula is C16H25FN2O. The van der Waals surface area contributed by atoms with Crippen LogP contribution >= 0.6 is 0 Å². The minimum Gasteiger partial charge on any atom is -0.335 e. The van der Waals surface area contributed by atoms with Crippen LogP contribution in [0.25, 0.3) is 0 Å².